The van der Waals surface area contributed by atoms with Gasteiger partial charge < -0.3 is 9.47 Å². The van der Waals surface area contributed by atoms with Crippen LogP contribution in [0.1, 0.15) is 45.6 Å². The highest BCUT2D eigenvalue weighted by Gasteiger charge is 2.41. The summed E-state index contributed by atoms with van der Waals surface area (Å²) >= 11 is 0. The Labute approximate surface area is 121 Å². The zero-order valence-corrected chi connectivity index (χ0v) is 12.6. The summed E-state index contributed by atoms with van der Waals surface area (Å²) in [6, 6.07) is 10.0. The van der Waals surface area contributed by atoms with Gasteiger partial charge in [0.2, 0.25) is 0 Å². The van der Waals surface area contributed by atoms with Crippen LogP contribution in [0.2, 0.25) is 0 Å². The Morgan fingerprint density at radius 3 is 2.40 bits per heavy atom. The van der Waals surface area contributed by atoms with Gasteiger partial charge in [-0.15, -0.1) is 0 Å². The SMILES string of the molecule is CCC(C)(C)C(=O)OC1(c2ccccc2)CCOCC1. The topological polar surface area (TPSA) is 35.5 Å². The molecule has 0 saturated carbocycles. The normalized spacial score (nSPS) is 18.6. The number of hydrogen-bond acceptors (Lipinski definition) is 3. The van der Waals surface area contributed by atoms with Crippen molar-refractivity contribution in [3.05, 3.63) is 35.9 Å². The maximum Gasteiger partial charge on any atom is 0.312 e. The molecule has 0 spiro atoms. The van der Waals surface area contributed by atoms with Crippen molar-refractivity contribution in [3.63, 3.8) is 0 Å². The molecule has 1 aliphatic rings. The molecule has 0 unspecified atom stereocenters. The molecule has 1 heterocycles. The fourth-order valence-corrected chi connectivity index (χ4v) is 2.35. The van der Waals surface area contributed by atoms with Crippen molar-refractivity contribution in [2.24, 2.45) is 5.41 Å². The van der Waals surface area contributed by atoms with Crippen LogP contribution in [0.15, 0.2) is 30.3 Å². The molecule has 0 radical (unpaired) electrons. The molecule has 0 atom stereocenters. The maximum atomic E-state index is 12.5. The highest BCUT2D eigenvalue weighted by Crippen LogP contribution is 2.38. The van der Waals surface area contributed by atoms with Crippen molar-refractivity contribution in [1.82, 2.24) is 0 Å². The van der Waals surface area contributed by atoms with E-state index in [9.17, 15) is 4.79 Å². The van der Waals surface area contributed by atoms with Gasteiger partial charge in [-0.3, -0.25) is 4.79 Å². The summed E-state index contributed by atoms with van der Waals surface area (Å²) in [7, 11) is 0. The van der Waals surface area contributed by atoms with Crippen LogP contribution in [0.3, 0.4) is 0 Å². The maximum absolute atomic E-state index is 12.5. The summed E-state index contributed by atoms with van der Waals surface area (Å²) in [6.07, 6.45) is 2.22. The molecule has 0 bridgehead atoms. The number of ether oxygens (including phenoxy) is 2. The van der Waals surface area contributed by atoms with Crippen LogP contribution in [0.25, 0.3) is 0 Å². The number of hydrogen-bond donors (Lipinski definition) is 0. The standard InChI is InChI=1S/C17H24O3/c1-4-16(2,3)15(18)20-17(10-12-19-13-11-17)14-8-6-5-7-9-14/h5-9H,4,10-13H2,1-3H3. The monoisotopic (exact) mass is 276 g/mol. The summed E-state index contributed by atoms with van der Waals surface area (Å²) in [5, 5.41) is 0. The number of esters is 1. The molecule has 0 N–H and O–H groups in total. The molecule has 2 rings (SSSR count). The highest BCUT2D eigenvalue weighted by atomic mass is 16.6. The Hall–Kier alpha value is -1.35. The molecule has 1 aromatic carbocycles. The molecular weight excluding hydrogens is 252 g/mol. The number of benzene rings is 1. The molecule has 0 amide bonds. The lowest BCUT2D eigenvalue weighted by Gasteiger charge is -2.39. The molecule has 0 aromatic heterocycles. The zero-order valence-electron chi connectivity index (χ0n) is 12.6. The fraction of sp³-hybridized carbons (Fsp3) is 0.588. The second-order valence-electron chi connectivity index (χ2n) is 6.10. The van der Waals surface area contributed by atoms with E-state index in [0.717, 1.165) is 24.8 Å². The van der Waals surface area contributed by atoms with Crippen LogP contribution in [0.5, 0.6) is 0 Å². The van der Waals surface area contributed by atoms with Gasteiger partial charge in [-0.1, -0.05) is 37.3 Å². The van der Waals surface area contributed by atoms with Crippen LogP contribution in [-0.4, -0.2) is 19.2 Å². The third-order valence-corrected chi connectivity index (χ3v) is 4.32. The first-order chi connectivity index (χ1) is 9.50. The number of rotatable bonds is 4. The predicted molar refractivity (Wildman–Crippen MR) is 78.3 cm³/mol. The van der Waals surface area contributed by atoms with Gasteiger partial charge in [0.25, 0.3) is 0 Å². The predicted octanol–water partition coefficient (Wildman–Crippen LogP) is 3.67. The van der Waals surface area contributed by atoms with Gasteiger partial charge in [-0.05, 0) is 25.8 Å². The van der Waals surface area contributed by atoms with Crippen molar-refractivity contribution in [2.75, 3.05) is 13.2 Å². The lowest BCUT2D eigenvalue weighted by atomic mass is 9.84. The average Bonchev–Trinajstić information content (AvgIpc) is 2.49. The van der Waals surface area contributed by atoms with Crippen molar-refractivity contribution < 1.29 is 14.3 Å². The Balaban J connectivity index is 2.27. The first-order valence-electron chi connectivity index (χ1n) is 7.37. The van der Waals surface area contributed by atoms with Crippen LogP contribution >= 0.6 is 0 Å². The Morgan fingerprint density at radius 2 is 1.85 bits per heavy atom. The quantitative estimate of drug-likeness (QED) is 0.787. The molecule has 1 saturated heterocycles. The zero-order chi connectivity index (χ0) is 14.6. The molecule has 20 heavy (non-hydrogen) atoms. The van der Waals surface area contributed by atoms with E-state index in [4.69, 9.17) is 9.47 Å². The molecule has 1 fully saturated rings. The molecule has 1 aliphatic heterocycles. The number of carbonyl (C=O) groups is 1. The molecule has 3 nitrogen and oxygen atoms in total. The van der Waals surface area contributed by atoms with Gasteiger partial charge in [0.15, 0.2) is 0 Å². The van der Waals surface area contributed by atoms with Crippen molar-refractivity contribution in [1.29, 1.82) is 0 Å². The Bertz CT molecular complexity index is 445. The Kier molecular flexibility index (Phi) is 4.48. The summed E-state index contributed by atoms with van der Waals surface area (Å²) in [4.78, 5) is 12.5. The van der Waals surface area contributed by atoms with Crippen LogP contribution in [-0.2, 0) is 19.9 Å². The first-order valence-corrected chi connectivity index (χ1v) is 7.37. The van der Waals surface area contributed by atoms with Crippen LogP contribution in [0.4, 0.5) is 0 Å². The smallest absolute Gasteiger partial charge is 0.312 e. The molecule has 0 aliphatic carbocycles. The fourth-order valence-electron chi connectivity index (χ4n) is 2.35. The minimum Gasteiger partial charge on any atom is -0.454 e. The summed E-state index contributed by atoms with van der Waals surface area (Å²) in [6.45, 7) is 7.16. The van der Waals surface area contributed by atoms with E-state index in [1.807, 2.05) is 51.1 Å². The third-order valence-electron chi connectivity index (χ3n) is 4.32. The van der Waals surface area contributed by atoms with Crippen LogP contribution in [0, 0.1) is 5.41 Å². The van der Waals surface area contributed by atoms with E-state index in [1.165, 1.54) is 0 Å². The van der Waals surface area contributed by atoms with E-state index < -0.39 is 11.0 Å². The van der Waals surface area contributed by atoms with Gasteiger partial charge in [0, 0.05) is 12.8 Å². The summed E-state index contributed by atoms with van der Waals surface area (Å²) < 4.78 is 11.5. The van der Waals surface area contributed by atoms with Gasteiger partial charge in [-0.25, -0.2) is 0 Å². The van der Waals surface area contributed by atoms with E-state index in [-0.39, 0.29) is 5.97 Å². The lowest BCUT2D eigenvalue weighted by Crippen LogP contribution is -2.41. The summed E-state index contributed by atoms with van der Waals surface area (Å²) in [5.74, 6) is -0.120. The second kappa shape index (κ2) is 5.96. The Morgan fingerprint density at radius 1 is 1.25 bits per heavy atom. The third kappa shape index (κ3) is 3.04. The van der Waals surface area contributed by atoms with Crippen LogP contribution < -0.4 is 0 Å². The van der Waals surface area contributed by atoms with Crippen molar-refractivity contribution in [3.8, 4) is 0 Å². The van der Waals surface area contributed by atoms with Gasteiger partial charge >= 0.3 is 5.97 Å². The average molecular weight is 276 g/mol. The first kappa shape index (κ1) is 15.0. The van der Waals surface area contributed by atoms with E-state index in [2.05, 4.69) is 0 Å². The second-order valence-corrected chi connectivity index (χ2v) is 6.10. The van der Waals surface area contributed by atoms with E-state index >= 15 is 0 Å². The molecule has 110 valence electrons. The van der Waals surface area contributed by atoms with E-state index in [0.29, 0.717) is 13.2 Å². The molecule has 1 aromatic rings. The number of carbonyl (C=O) groups excluding carboxylic acids is 1. The minimum absolute atomic E-state index is 0.120. The molecular formula is C17H24O3. The van der Waals surface area contributed by atoms with Crippen molar-refractivity contribution in [2.45, 2.75) is 45.6 Å². The lowest BCUT2D eigenvalue weighted by molar-refractivity contribution is -0.182. The van der Waals surface area contributed by atoms with E-state index in [1.54, 1.807) is 0 Å². The van der Waals surface area contributed by atoms with Gasteiger partial charge in [0.1, 0.15) is 5.60 Å². The van der Waals surface area contributed by atoms with Gasteiger partial charge in [-0.2, -0.15) is 0 Å². The van der Waals surface area contributed by atoms with Crippen molar-refractivity contribution >= 4 is 5.97 Å². The minimum atomic E-state index is -0.525. The highest BCUT2D eigenvalue weighted by molar-refractivity contribution is 5.76. The molecule has 3 heteroatoms. The van der Waals surface area contributed by atoms with Gasteiger partial charge in [0.05, 0.1) is 18.6 Å². The largest absolute Gasteiger partial charge is 0.454 e. The summed E-state index contributed by atoms with van der Waals surface area (Å²) in [5.41, 5.74) is 0.104.